The van der Waals surface area contributed by atoms with Gasteiger partial charge in [-0.15, -0.1) is 0 Å². The molecule has 1 aliphatic rings. The molecule has 7 heteroatoms. The van der Waals surface area contributed by atoms with Crippen molar-refractivity contribution in [1.82, 2.24) is 14.5 Å². The lowest BCUT2D eigenvalue weighted by Crippen LogP contribution is -2.43. The highest BCUT2D eigenvalue weighted by atomic mass is 16.5. The smallest absolute Gasteiger partial charge is 0.334 e. The van der Waals surface area contributed by atoms with E-state index in [4.69, 9.17) is 4.74 Å². The van der Waals surface area contributed by atoms with Crippen molar-refractivity contribution in [2.24, 2.45) is 0 Å². The first-order chi connectivity index (χ1) is 13.6. The number of rotatable bonds is 4. The SMILES string of the molecule is COc1ccccc1-n1c2c(c(=O)[nH]c1=O)CN([C@@H](C)c1ccccc1)CN2. The molecule has 0 aliphatic carbocycles. The molecule has 3 aromatic rings. The van der Waals surface area contributed by atoms with Crippen LogP contribution in [0.25, 0.3) is 5.69 Å². The quantitative estimate of drug-likeness (QED) is 0.729. The van der Waals surface area contributed by atoms with E-state index in [1.165, 1.54) is 10.1 Å². The van der Waals surface area contributed by atoms with E-state index in [-0.39, 0.29) is 11.6 Å². The van der Waals surface area contributed by atoms with Gasteiger partial charge in [-0.05, 0) is 24.6 Å². The molecule has 28 heavy (non-hydrogen) atoms. The van der Waals surface area contributed by atoms with Crippen molar-refractivity contribution in [3.8, 4) is 11.4 Å². The molecule has 0 saturated heterocycles. The average molecular weight is 378 g/mol. The Labute approximate surface area is 162 Å². The maximum absolute atomic E-state index is 12.6. The van der Waals surface area contributed by atoms with Gasteiger partial charge in [-0.2, -0.15) is 0 Å². The van der Waals surface area contributed by atoms with Gasteiger partial charge < -0.3 is 10.1 Å². The topological polar surface area (TPSA) is 79.4 Å². The molecule has 0 saturated carbocycles. The fourth-order valence-corrected chi connectivity index (χ4v) is 3.60. The zero-order chi connectivity index (χ0) is 19.7. The summed E-state index contributed by atoms with van der Waals surface area (Å²) in [5.74, 6) is 1.07. The van der Waals surface area contributed by atoms with E-state index >= 15 is 0 Å². The normalized spacial score (nSPS) is 14.8. The van der Waals surface area contributed by atoms with Crippen molar-refractivity contribution in [1.29, 1.82) is 0 Å². The second kappa shape index (κ2) is 7.36. The van der Waals surface area contributed by atoms with Crippen LogP contribution in [-0.2, 0) is 6.54 Å². The fraction of sp³-hybridized carbons (Fsp3) is 0.238. The summed E-state index contributed by atoms with van der Waals surface area (Å²) in [4.78, 5) is 29.8. The van der Waals surface area contributed by atoms with Crippen LogP contribution in [0.2, 0.25) is 0 Å². The highest BCUT2D eigenvalue weighted by Crippen LogP contribution is 2.29. The first-order valence-electron chi connectivity index (χ1n) is 9.14. The van der Waals surface area contributed by atoms with Crippen molar-refractivity contribution in [2.75, 3.05) is 19.1 Å². The summed E-state index contributed by atoms with van der Waals surface area (Å²) in [7, 11) is 1.55. The van der Waals surface area contributed by atoms with Crippen LogP contribution in [0.1, 0.15) is 24.1 Å². The maximum atomic E-state index is 12.6. The van der Waals surface area contributed by atoms with Crippen LogP contribution < -0.4 is 21.3 Å². The summed E-state index contributed by atoms with van der Waals surface area (Å²) < 4.78 is 6.88. The second-order valence-corrected chi connectivity index (χ2v) is 6.76. The number of aromatic amines is 1. The van der Waals surface area contributed by atoms with Gasteiger partial charge in [0.25, 0.3) is 5.56 Å². The monoisotopic (exact) mass is 378 g/mol. The molecule has 4 rings (SSSR count). The first-order valence-corrected chi connectivity index (χ1v) is 9.14. The minimum Gasteiger partial charge on any atom is -0.495 e. The number of aromatic nitrogens is 2. The summed E-state index contributed by atoms with van der Waals surface area (Å²) in [6.07, 6.45) is 0. The number of hydrogen-bond acceptors (Lipinski definition) is 5. The number of nitrogens with zero attached hydrogens (tertiary/aromatic N) is 2. The van der Waals surface area contributed by atoms with Crippen LogP contribution in [0.3, 0.4) is 0 Å². The Morgan fingerprint density at radius 3 is 2.50 bits per heavy atom. The third kappa shape index (κ3) is 3.10. The molecule has 0 radical (unpaired) electrons. The van der Waals surface area contributed by atoms with E-state index in [0.29, 0.717) is 36.0 Å². The third-order valence-corrected chi connectivity index (χ3v) is 5.17. The number of benzene rings is 2. The Hall–Kier alpha value is -3.32. The lowest BCUT2D eigenvalue weighted by Gasteiger charge is -2.35. The highest BCUT2D eigenvalue weighted by Gasteiger charge is 2.27. The molecule has 0 bridgehead atoms. The maximum Gasteiger partial charge on any atom is 0.334 e. The number of hydrogen-bond donors (Lipinski definition) is 2. The lowest BCUT2D eigenvalue weighted by atomic mass is 10.1. The summed E-state index contributed by atoms with van der Waals surface area (Å²) in [5, 5.41) is 3.28. The predicted molar refractivity (Wildman–Crippen MR) is 108 cm³/mol. The van der Waals surface area contributed by atoms with Crippen LogP contribution in [0.5, 0.6) is 5.75 Å². The number of fused-ring (bicyclic) bond motifs is 1. The highest BCUT2D eigenvalue weighted by molar-refractivity contribution is 5.56. The Bertz CT molecular complexity index is 1100. The van der Waals surface area contributed by atoms with E-state index in [9.17, 15) is 9.59 Å². The number of anilines is 1. The molecule has 0 amide bonds. The Morgan fingerprint density at radius 2 is 1.75 bits per heavy atom. The molecular formula is C21H22N4O3. The number of methoxy groups -OCH3 is 1. The zero-order valence-corrected chi connectivity index (χ0v) is 15.8. The summed E-state index contributed by atoms with van der Waals surface area (Å²) >= 11 is 0. The molecule has 144 valence electrons. The van der Waals surface area contributed by atoms with Crippen molar-refractivity contribution in [3.63, 3.8) is 0 Å². The van der Waals surface area contributed by atoms with E-state index in [1.54, 1.807) is 19.2 Å². The van der Waals surface area contributed by atoms with Crippen LogP contribution in [0.4, 0.5) is 5.82 Å². The second-order valence-electron chi connectivity index (χ2n) is 6.76. The standard InChI is InChI=1S/C21H22N4O3/c1-14(15-8-4-3-5-9-15)24-12-16-19(22-13-24)25(21(27)23-20(16)26)17-10-6-7-11-18(17)28-2/h3-11,14,22H,12-13H2,1-2H3,(H,23,26,27)/t14-/m0/s1. The average Bonchev–Trinajstić information content (AvgIpc) is 2.74. The summed E-state index contributed by atoms with van der Waals surface area (Å²) in [5.41, 5.74) is 1.41. The molecule has 0 spiro atoms. The summed E-state index contributed by atoms with van der Waals surface area (Å²) in [6, 6.07) is 17.5. The van der Waals surface area contributed by atoms with Gasteiger partial charge in [0.15, 0.2) is 0 Å². The Morgan fingerprint density at radius 1 is 1.04 bits per heavy atom. The third-order valence-electron chi connectivity index (χ3n) is 5.17. The van der Waals surface area contributed by atoms with Gasteiger partial charge in [-0.1, -0.05) is 42.5 Å². The van der Waals surface area contributed by atoms with Gasteiger partial charge in [-0.25, -0.2) is 9.36 Å². The molecule has 0 unspecified atom stereocenters. The Balaban J connectivity index is 1.78. The molecule has 0 fully saturated rings. The molecule has 7 nitrogen and oxygen atoms in total. The van der Waals surface area contributed by atoms with Crippen molar-refractivity contribution < 1.29 is 4.74 Å². The fourth-order valence-electron chi connectivity index (χ4n) is 3.60. The van der Waals surface area contributed by atoms with Crippen molar-refractivity contribution >= 4 is 5.82 Å². The van der Waals surface area contributed by atoms with Gasteiger partial charge >= 0.3 is 5.69 Å². The minimum atomic E-state index is -0.495. The summed E-state index contributed by atoms with van der Waals surface area (Å²) in [6.45, 7) is 3.05. The van der Waals surface area contributed by atoms with Gasteiger partial charge in [0.1, 0.15) is 11.6 Å². The molecule has 1 aromatic heterocycles. The van der Waals surface area contributed by atoms with E-state index in [1.807, 2.05) is 30.3 Å². The lowest BCUT2D eigenvalue weighted by molar-refractivity contribution is 0.207. The number of H-pyrrole nitrogens is 1. The van der Waals surface area contributed by atoms with E-state index in [2.05, 4.69) is 34.3 Å². The zero-order valence-electron chi connectivity index (χ0n) is 15.8. The molecular weight excluding hydrogens is 356 g/mol. The van der Waals surface area contributed by atoms with E-state index in [0.717, 1.165) is 0 Å². The van der Waals surface area contributed by atoms with Crippen LogP contribution >= 0.6 is 0 Å². The van der Waals surface area contributed by atoms with Gasteiger partial charge in [0, 0.05) is 12.6 Å². The van der Waals surface area contributed by atoms with Gasteiger partial charge in [-0.3, -0.25) is 14.7 Å². The predicted octanol–water partition coefficient (Wildman–Crippen LogP) is 2.48. The van der Waals surface area contributed by atoms with E-state index < -0.39 is 5.69 Å². The number of nitrogens with one attached hydrogen (secondary N) is 2. The molecule has 1 atom stereocenters. The van der Waals surface area contributed by atoms with Crippen LogP contribution in [0.15, 0.2) is 64.2 Å². The Kier molecular flexibility index (Phi) is 4.75. The van der Waals surface area contributed by atoms with Crippen LogP contribution in [0, 0.1) is 0 Å². The molecule has 2 heterocycles. The number of ether oxygens (including phenoxy) is 1. The molecule has 2 N–H and O–H groups in total. The number of para-hydroxylation sites is 2. The largest absolute Gasteiger partial charge is 0.495 e. The van der Waals surface area contributed by atoms with Crippen molar-refractivity contribution in [2.45, 2.75) is 19.5 Å². The molecule has 2 aromatic carbocycles. The molecule has 1 aliphatic heterocycles. The first kappa shape index (κ1) is 18.1. The van der Waals surface area contributed by atoms with Crippen LogP contribution in [-0.4, -0.2) is 28.2 Å². The van der Waals surface area contributed by atoms with Gasteiger partial charge in [0.05, 0.1) is 25.0 Å². The minimum absolute atomic E-state index is 0.118. The van der Waals surface area contributed by atoms with Gasteiger partial charge in [0.2, 0.25) is 0 Å². The van der Waals surface area contributed by atoms with Crippen molar-refractivity contribution in [3.05, 3.63) is 86.6 Å².